The minimum absolute atomic E-state index is 0.0691. The molecule has 0 saturated carbocycles. The molecule has 0 bridgehead atoms. The highest BCUT2D eigenvalue weighted by atomic mass is 16.4. The number of hydrogen-bond acceptors (Lipinski definition) is 4. The Hall–Kier alpha value is -3.96. The molecular weight excluding hydrogens is 390 g/mol. The molecule has 1 heterocycles. The van der Waals surface area contributed by atoms with Gasteiger partial charge < -0.3 is 14.8 Å². The van der Waals surface area contributed by atoms with E-state index in [1.807, 2.05) is 49.5 Å². The maximum atomic E-state index is 12.0. The second-order valence-electron chi connectivity index (χ2n) is 7.51. The number of carboxylic acids is 1. The summed E-state index contributed by atoms with van der Waals surface area (Å²) in [5, 5.41) is 16.2. The lowest BCUT2D eigenvalue weighted by atomic mass is 9.92. The molecule has 0 amide bonds. The molecule has 5 heteroatoms. The Bertz CT molecular complexity index is 1550. The van der Waals surface area contributed by atoms with Gasteiger partial charge >= 0.3 is 5.97 Å². The van der Waals surface area contributed by atoms with Crippen molar-refractivity contribution >= 4 is 38.7 Å². The molecule has 0 aliphatic carbocycles. The van der Waals surface area contributed by atoms with E-state index in [4.69, 9.17) is 4.42 Å². The number of benzene rings is 4. The summed E-state index contributed by atoms with van der Waals surface area (Å²) in [6.07, 6.45) is 0. The lowest BCUT2D eigenvalue weighted by Gasteiger charge is -2.15. The maximum absolute atomic E-state index is 12.0. The van der Waals surface area contributed by atoms with Crippen LogP contribution in [0.3, 0.4) is 0 Å². The monoisotopic (exact) mass is 409 g/mol. The number of fused-ring (bicyclic) bond motifs is 4. The molecule has 0 radical (unpaired) electrons. The van der Waals surface area contributed by atoms with E-state index in [1.165, 1.54) is 6.07 Å². The van der Waals surface area contributed by atoms with Gasteiger partial charge in [-0.1, -0.05) is 36.4 Å². The van der Waals surface area contributed by atoms with Crippen LogP contribution in [0.15, 0.2) is 82.0 Å². The summed E-state index contributed by atoms with van der Waals surface area (Å²) in [5.41, 5.74) is 3.93. The predicted molar refractivity (Wildman–Crippen MR) is 123 cm³/mol. The van der Waals surface area contributed by atoms with E-state index in [2.05, 4.69) is 5.32 Å². The summed E-state index contributed by atoms with van der Waals surface area (Å²) in [6.45, 7) is 0.680. The third-order valence-electron chi connectivity index (χ3n) is 5.55. The van der Waals surface area contributed by atoms with Crippen LogP contribution in [0.4, 0.5) is 0 Å². The smallest absolute Gasteiger partial charge is 0.336 e. The van der Waals surface area contributed by atoms with Gasteiger partial charge in [0.25, 0.3) is 0 Å². The van der Waals surface area contributed by atoms with E-state index >= 15 is 0 Å². The second-order valence-corrected chi connectivity index (χ2v) is 7.51. The Morgan fingerprint density at radius 3 is 2.52 bits per heavy atom. The molecule has 1 aromatic heterocycles. The van der Waals surface area contributed by atoms with E-state index < -0.39 is 5.97 Å². The average molecular weight is 409 g/mol. The molecule has 152 valence electrons. The van der Waals surface area contributed by atoms with Crippen LogP contribution in [0.1, 0.15) is 15.9 Å². The van der Waals surface area contributed by atoms with Crippen molar-refractivity contribution in [2.45, 2.75) is 6.54 Å². The molecule has 4 aromatic carbocycles. The SMILES string of the molecule is CNCc1ccc2c(-c3ccccc3C(=O)O)c3ccc4cc(=O)ccc4c3oc2c1. The molecule has 0 spiro atoms. The Labute approximate surface area is 177 Å². The number of carbonyl (C=O) groups is 1. The molecular formula is C26H19NO4. The van der Waals surface area contributed by atoms with Gasteiger partial charge in [0.2, 0.25) is 0 Å². The first-order chi connectivity index (χ1) is 15.1. The molecule has 0 fully saturated rings. The van der Waals surface area contributed by atoms with Gasteiger partial charge in [0, 0.05) is 28.3 Å². The van der Waals surface area contributed by atoms with Crippen molar-refractivity contribution in [1.29, 1.82) is 0 Å². The van der Waals surface area contributed by atoms with E-state index in [0.29, 0.717) is 23.3 Å². The largest absolute Gasteiger partial charge is 0.478 e. The van der Waals surface area contributed by atoms with Crippen molar-refractivity contribution in [2.75, 3.05) is 7.05 Å². The summed E-state index contributed by atoms with van der Waals surface area (Å²) in [7, 11) is 1.88. The highest BCUT2D eigenvalue weighted by molar-refractivity contribution is 6.17. The number of rotatable bonds is 4. The second kappa shape index (κ2) is 7.38. The number of carboxylic acid groups (broad SMARTS) is 1. The van der Waals surface area contributed by atoms with Gasteiger partial charge in [-0.25, -0.2) is 4.79 Å². The predicted octanol–water partition coefficient (Wildman–Crippen LogP) is 5.18. The third kappa shape index (κ3) is 3.16. The molecule has 2 N–H and O–H groups in total. The lowest BCUT2D eigenvalue weighted by Crippen LogP contribution is -2.05. The standard InChI is InChI=1S/C26H19NO4/c1-27-14-15-6-9-21-23(12-15)31-25-18-11-8-17(28)13-16(18)7-10-22(25)24(21)19-4-2-3-5-20(19)26(29)30/h2-13,27H,14H2,1H3,(H,29,30). The minimum atomic E-state index is -0.985. The van der Waals surface area contributed by atoms with Crippen LogP contribution in [0.25, 0.3) is 43.8 Å². The minimum Gasteiger partial charge on any atom is -0.478 e. The van der Waals surface area contributed by atoms with Gasteiger partial charge in [-0.15, -0.1) is 0 Å². The molecule has 5 nitrogen and oxygen atoms in total. The fourth-order valence-corrected chi connectivity index (χ4v) is 4.19. The summed E-state index contributed by atoms with van der Waals surface area (Å²) in [6, 6.07) is 21.6. The van der Waals surface area contributed by atoms with Crippen molar-refractivity contribution in [1.82, 2.24) is 5.32 Å². The van der Waals surface area contributed by atoms with Crippen molar-refractivity contribution in [2.24, 2.45) is 0 Å². The molecule has 0 aliphatic rings. The molecule has 0 unspecified atom stereocenters. The van der Waals surface area contributed by atoms with Crippen LogP contribution in [-0.2, 0) is 6.54 Å². The van der Waals surface area contributed by atoms with Crippen molar-refractivity contribution < 1.29 is 14.3 Å². The molecule has 0 atom stereocenters. The highest BCUT2D eigenvalue weighted by Gasteiger charge is 2.19. The van der Waals surface area contributed by atoms with Crippen molar-refractivity contribution in [3.63, 3.8) is 0 Å². The zero-order chi connectivity index (χ0) is 21.5. The first-order valence-electron chi connectivity index (χ1n) is 9.96. The van der Waals surface area contributed by atoms with Crippen LogP contribution >= 0.6 is 0 Å². The zero-order valence-electron chi connectivity index (χ0n) is 16.8. The Morgan fingerprint density at radius 2 is 1.71 bits per heavy atom. The first-order valence-corrected chi connectivity index (χ1v) is 9.96. The topological polar surface area (TPSA) is 79.5 Å². The molecule has 31 heavy (non-hydrogen) atoms. The molecule has 0 saturated heterocycles. The van der Waals surface area contributed by atoms with Gasteiger partial charge in [0.1, 0.15) is 11.2 Å². The van der Waals surface area contributed by atoms with Gasteiger partial charge in [-0.3, -0.25) is 4.79 Å². The fraction of sp³-hybridized carbons (Fsp3) is 0.0769. The van der Waals surface area contributed by atoms with E-state index in [9.17, 15) is 14.7 Å². The van der Waals surface area contributed by atoms with Crippen LogP contribution in [0.5, 0.6) is 0 Å². The normalized spacial score (nSPS) is 11.4. The summed E-state index contributed by atoms with van der Waals surface area (Å²) in [5.74, 6) is -0.985. The molecule has 0 aliphatic heterocycles. The van der Waals surface area contributed by atoms with Crippen LogP contribution in [0.2, 0.25) is 0 Å². The quantitative estimate of drug-likeness (QED) is 0.316. The zero-order valence-corrected chi connectivity index (χ0v) is 16.8. The van der Waals surface area contributed by atoms with Crippen LogP contribution in [-0.4, -0.2) is 18.1 Å². The highest BCUT2D eigenvalue weighted by Crippen LogP contribution is 2.40. The summed E-state index contributed by atoms with van der Waals surface area (Å²) >= 11 is 0. The summed E-state index contributed by atoms with van der Waals surface area (Å²) in [4.78, 5) is 23.8. The average Bonchev–Trinajstić information content (AvgIpc) is 2.77. The number of hydrogen-bond donors (Lipinski definition) is 2. The fourth-order valence-electron chi connectivity index (χ4n) is 4.19. The summed E-state index contributed by atoms with van der Waals surface area (Å²) < 4.78 is 6.37. The van der Waals surface area contributed by atoms with Crippen LogP contribution in [0, 0.1) is 0 Å². The van der Waals surface area contributed by atoms with E-state index in [-0.39, 0.29) is 11.0 Å². The van der Waals surface area contributed by atoms with Crippen molar-refractivity contribution in [3.05, 3.63) is 94.1 Å². The third-order valence-corrected chi connectivity index (χ3v) is 5.55. The number of aromatic carboxylic acids is 1. The van der Waals surface area contributed by atoms with Gasteiger partial charge in [0.05, 0.1) is 5.56 Å². The van der Waals surface area contributed by atoms with Crippen LogP contribution < -0.4 is 10.7 Å². The number of nitrogens with one attached hydrogen (secondary N) is 1. The Kier molecular flexibility index (Phi) is 4.53. The van der Waals surface area contributed by atoms with E-state index in [1.54, 1.807) is 24.3 Å². The lowest BCUT2D eigenvalue weighted by molar-refractivity contribution is 0.0697. The Balaban J connectivity index is 1.99. The van der Waals surface area contributed by atoms with E-state index in [0.717, 1.165) is 32.7 Å². The molecule has 5 rings (SSSR count). The van der Waals surface area contributed by atoms with Gasteiger partial charge in [0.15, 0.2) is 5.43 Å². The maximum Gasteiger partial charge on any atom is 0.336 e. The first kappa shape index (κ1) is 19.0. The molecule has 5 aromatic rings. The Morgan fingerprint density at radius 1 is 0.935 bits per heavy atom. The van der Waals surface area contributed by atoms with Crippen molar-refractivity contribution in [3.8, 4) is 11.1 Å². The van der Waals surface area contributed by atoms with Gasteiger partial charge in [-0.2, -0.15) is 0 Å². The van der Waals surface area contributed by atoms with Gasteiger partial charge in [-0.05, 0) is 60.0 Å².